The fourth-order valence-corrected chi connectivity index (χ4v) is 3.91. The minimum atomic E-state index is 0.386. The highest BCUT2D eigenvalue weighted by atomic mass is 15.2. The van der Waals surface area contributed by atoms with Gasteiger partial charge in [0.15, 0.2) is 0 Å². The zero-order valence-electron chi connectivity index (χ0n) is 10.9. The van der Waals surface area contributed by atoms with Crippen molar-refractivity contribution in [3.8, 4) is 0 Å². The Morgan fingerprint density at radius 1 is 1.19 bits per heavy atom. The van der Waals surface area contributed by atoms with Crippen LogP contribution in [0.5, 0.6) is 0 Å². The van der Waals surface area contributed by atoms with E-state index < -0.39 is 0 Å². The quantitative estimate of drug-likeness (QED) is 0.735. The topological polar surface area (TPSA) is 15.3 Å². The molecule has 1 aliphatic carbocycles. The SMILES string of the molecule is C=C(C)C(NC)C1(N2CCCC2)CCCC1. The maximum absolute atomic E-state index is 4.20. The molecule has 92 valence electrons. The summed E-state index contributed by atoms with van der Waals surface area (Å²) in [7, 11) is 2.09. The molecule has 0 spiro atoms. The molecular formula is C14H26N2. The first-order valence-corrected chi connectivity index (χ1v) is 6.78. The van der Waals surface area contributed by atoms with Gasteiger partial charge in [0, 0.05) is 11.6 Å². The summed E-state index contributed by atoms with van der Waals surface area (Å²) >= 11 is 0. The van der Waals surface area contributed by atoms with Crippen LogP contribution in [0.1, 0.15) is 45.4 Å². The van der Waals surface area contributed by atoms with Gasteiger partial charge >= 0.3 is 0 Å². The van der Waals surface area contributed by atoms with Crippen molar-refractivity contribution in [1.29, 1.82) is 0 Å². The highest BCUT2D eigenvalue weighted by Gasteiger charge is 2.46. The van der Waals surface area contributed by atoms with Crippen LogP contribution < -0.4 is 5.32 Å². The minimum Gasteiger partial charge on any atom is -0.312 e. The van der Waals surface area contributed by atoms with Gasteiger partial charge in [-0.15, -0.1) is 0 Å². The van der Waals surface area contributed by atoms with Crippen molar-refractivity contribution in [2.75, 3.05) is 20.1 Å². The second-order valence-electron chi connectivity index (χ2n) is 5.57. The van der Waals surface area contributed by atoms with Crippen LogP contribution in [-0.2, 0) is 0 Å². The first kappa shape index (κ1) is 12.1. The molecule has 0 amide bonds. The number of nitrogens with one attached hydrogen (secondary N) is 1. The van der Waals surface area contributed by atoms with E-state index in [0.29, 0.717) is 11.6 Å². The average Bonchev–Trinajstić information content (AvgIpc) is 2.88. The molecule has 0 bridgehead atoms. The van der Waals surface area contributed by atoms with E-state index in [1.54, 1.807) is 0 Å². The molecule has 2 aliphatic rings. The van der Waals surface area contributed by atoms with Crippen LogP contribution in [0.15, 0.2) is 12.2 Å². The lowest BCUT2D eigenvalue weighted by Crippen LogP contribution is -2.58. The lowest BCUT2D eigenvalue weighted by molar-refractivity contribution is 0.0931. The normalized spacial score (nSPS) is 27.1. The molecule has 0 aromatic carbocycles. The molecule has 0 aromatic heterocycles. The summed E-state index contributed by atoms with van der Waals surface area (Å²) in [6.45, 7) is 8.97. The number of likely N-dealkylation sites (N-methyl/N-ethyl adjacent to an activating group) is 1. The van der Waals surface area contributed by atoms with Crippen molar-refractivity contribution < 1.29 is 0 Å². The summed E-state index contributed by atoms with van der Waals surface area (Å²) in [5.41, 5.74) is 1.69. The third-order valence-electron chi connectivity index (χ3n) is 4.52. The molecule has 2 fully saturated rings. The van der Waals surface area contributed by atoms with Crippen molar-refractivity contribution in [2.45, 2.75) is 57.0 Å². The van der Waals surface area contributed by atoms with Gasteiger partial charge in [-0.05, 0) is 52.7 Å². The Hall–Kier alpha value is -0.340. The molecule has 2 rings (SSSR count). The molecular weight excluding hydrogens is 196 g/mol. The standard InChI is InChI=1S/C14H26N2/c1-12(2)13(15-3)14(8-4-5-9-14)16-10-6-7-11-16/h13,15H,1,4-11H2,2-3H3. The molecule has 1 saturated carbocycles. The molecule has 1 atom stereocenters. The van der Waals surface area contributed by atoms with Crippen LogP contribution in [0, 0.1) is 0 Å². The Morgan fingerprint density at radius 2 is 1.75 bits per heavy atom. The van der Waals surface area contributed by atoms with E-state index in [4.69, 9.17) is 0 Å². The molecule has 2 heteroatoms. The first-order valence-electron chi connectivity index (χ1n) is 6.78. The van der Waals surface area contributed by atoms with E-state index in [1.807, 2.05) is 0 Å². The van der Waals surface area contributed by atoms with Gasteiger partial charge in [0.2, 0.25) is 0 Å². The van der Waals surface area contributed by atoms with Crippen LogP contribution in [-0.4, -0.2) is 36.6 Å². The monoisotopic (exact) mass is 222 g/mol. The molecule has 2 nitrogen and oxygen atoms in total. The molecule has 1 unspecified atom stereocenters. The number of likely N-dealkylation sites (tertiary alicyclic amines) is 1. The summed E-state index contributed by atoms with van der Waals surface area (Å²) < 4.78 is 0. The van der Waals surface area contributed by atoms with Crippen LogP contribution in [0.4, 0.5) is 0 Å². The minimum absolute atomic E-state index is 0.386. The summed E-state index contributed by atoms with van der Waals surface area (Å²) in [6, 6.07) is 0.480. The maximum Gasteiger partial charge on any atom is 0.0458 e. The molecule has 1 aliphatic heterocycles. The highest BCUT2D eigenvalue weighted by molar-refractivity contribution is 5.17. The van der Waals surface area contributed by atoms with E-state index in [0.717, 1.165) is 0 Å². The van der Waals surface area contributed by atoms with Crippen LogP contribution >= 0.6 is 0 Å². The fourth-order valence-electron chi connectivity index (χ4n) is 3.91. The van der Waals surface area contributed by atoms with Crippen molar-refractivity contribution in [3.63, 3.8) is 0 Å². The smallest absolute Gasteiger partial charge is 0.0458 e. The summed E-state index contributed by atoms with van der Waals surface area (Å²) in [5.74, 6) is 0. The Balaban J connectivity index is 2.22. The number of hydrogen-bond acceptors (Lipinski definition) is 2. The highest BCUT2D eigenvalue weighted by Crippen LogP contribution is 2.41. The Morgan fingerprint density at radius 3 is 2.19 bits per heavy atom. The van der Waals surface area contributed by atoms with Gasteiger partial charge in [0.1, 0.15) is 0 Å². The second kappa shape index (κ2) is 4.89. The Bertz CT molecular complexity index is 247. The molecule has 1 heterocycles. The molecule has 1 saturated heterocycles. The van der Waals surface area contributed by atoms with Gasteiger partial charge in [-0.1, -0.05) is 25.0 Å². The van der Waals surface area contributed by atoms with Gasteiger partial charge in [-0.2, -0.15) is 0 Å². The third-order valence-corrected chi connectivity index (χ3v) is 4.52. The first-order chi connectivity index (χ1) is 7.70. The molecule has 0 radical (unpaired) electrons. The zero-order chi connectivity index (χ0) is 11.6. The van der Waals surface area contributed by atoms with Crippen LogP contribution in [0.25, 0.3) is 0 Å². The number of nitrogens with zero attached hydrogens (tertiary/aromatic N) is 1. The van der Waals surface area contributed by atoms with E-state index in [2.05, 4.69) is 30.8 Å². The van der Waals surface area contributed by atoms with E-state index in [1.165, 1.54) is 57.2 Å². The average molecular weight is 222 g/mol. The van der Waals surface area contributed by atoms with Crippen LogP contribution in [0.2, 0.25) is 0 Å². The predicted molar refractivity (Wildman–Crippen MR) is 69.7 cm³/mol. The summed E-state index contributed by atoms with van der Waals surface area (Å²) in [4.78, 5) is 2.75. The predicted octanol–water partition coefficient (Wildman–Crippen LogP) is 2.56. The zero-order valence-corrected chi connectivity index (χ0v) is 10.9. The molecule has 16 heavy (non-hydrogen) atoms. The van der Waals surface area contributed by atoms with E-state index in [-0.39, 0.29) is 0 Å². The number of hydrogen-bond donors (Lipinski definition) is 1. The Labute approximate surface area is 100 Å². The largest absolute Gasteiger partial charge is 0.312 e. The van der Waals surface area contributed by atoms with Crippen molar-refractivity contribution in [1.82, 2.24) is 10.2 Å². The maximum atomic E-state index is 4.20. The van der Waals surface area contributed by atoms with Gasteiger partial charge < -0.3 is 5.32 Å². The van der Waals surface area contributed by atoms with Crippen molar-refractivity contribution in [2.24, 2.45) is 0 Å². The fraction of sp³-hybridized carbons (Fsp3) is 0.857. The summed E-state index contributed by atoms with van der Waals surface area (Å²) in [6.07, 6.45) is 8.25. The van der Waals surface area contributed by atoms with Crippen molar-refractivity contribution >= 4 is 0 Å². The number of rotatable bonds is 4. The Kier molecular flexibility index (Phi) is 3.70. The van der Waals surface area contributed by atoms with Gasteiger partial charge in [-0.25, -0.2) is 0 Å². The molecule has 1 N–H and O–H groups in total. The lowest BCUT2D eigenvalue weighted by Gasteiger charge is -2.45. The molecule has 0 aromatic rings. The lowest BCUT2D eigenvalue weighted by atomic mass is 9.83. The van der Waals surface area contributed by atoms with Crippen LogP contribution in [0.3, 0.4) is 0 Å². The van der Waals surface area contributed by atoms with Gasteiger partial charge in [-0.3, -0.25) is 4.90 Å². The summed E-state index contributed by atoms with van der Waals surface area (Å²) in [5, 5.41) is 3.52. The van der Waals surface area contributed by atoms with E-state index in [9.17, 15) is 0 Å². The van der Waals surface area contributed by atoms with Gasteiger partial charge in [0.05, 0.1) is 0 Å². The third kappa shape index (κ3) is 1.93. The second-order valence-corrected chi connectivity index (χ2v) is 5.57. The van der Waals surface area contributed by atoms with E-state index >= 15 is 0 Å². The van der Waals surface area contributed by atoms with Gasteiger partial charge in [0.25, 0.3) is 0 Å². The van der Waals surface area contributed by atoms with Crippen molar-refractivity contribution in [3.05, 3.63) is 12.2 Å².